The molecule has 5 heteroatoms. The van der Waals surface area contributed by atoms with Crippen LogP contribution in [0.2, 0.25) is 0 Å². The van der Waals surface area contributed by atoms with E-state index in [4.69, 9.17) is 10.5 Å². The fourth-order valence-corrected chi connectivity index (χ4v) is 1.33. The molecule has 1 aromatic rings. The van der Waals surface area contributed by atoms with Crippen LogP contribution in [0, 0.1) is 0 Å². The lowest BCUT2D eigenvalue weighted by Gasteiger charge is -2.19. The van der Waals surface area contributed by atoms with Gasteiger partial charge >= 0.3 is 5.97 Å². The van der Waals surface area contributed by atoms with Gasteiger partial charge in [0, 0.05) is 6.92 Å². The molecule has 0 aliphatic carbocycles. The van der Waals surface area contributed by atoms with Gasteiger partial charge in [0.1, 0.15) is 5.60 Å². The van der Waals surface area contributed by atoms with Crippen molar-refractivity contribution in [3.8, 4) is 0 Å². The molecule has 18 heavy (non-hydrogen) atoms. The topological polar surface area (TPSA) is 81.4 Å². The van der Waals surface area contributed by atoms with E-state index >= 15 is 0 Å². The second-order valence-corrected chi connectivity index (χ2v) is 4.99. The molecule has 0 spiro atoms. The van der Waals surface area contributed by atoms with Crippen molar-refractivity contribution in [2.24, 2.45) is 0 Å². The van der Waals surface area contributed by atoms with E-state index in [1.807, 2.05) is 0 Å². The molecule has 1 amide bonds. The van der Waals surface area contributed by atoms with E-state index in [0.717, 1.165) is 0 Å². The van der Waals surface area contributed by atoms with E-state index in [-0.39, 0.29) is 5.91 Å². The quantitative estimate of drug-likeness (QED) is 0.622. The minimum Gasteiger partial charge on any atom is -0.456 e. The average Bonchev–Trinajstić information content (AvgIpc) is 2.17. The van der Waals surface area contributed by atoms with E-state index < -0.39 is 11.6 Å². The van der Waals surface area contributed by atoms with Crippen LogP contribution in [0.5, 0.6) is 0 Å². The minimum atomic E-state index is -0.553. The number of anilines is 2. The Kier molecular flexibility index (Phi) is 3.96. The normalized spacial score (nSPS) is 10.9. The van der Waals surface area contributed by atoms with Crippen molar-refractivity contribution in [1.82, 2.24) is 0 Å². The van der Waals surface area contributed by atoms with Crippen LogP contribution in [-0.2, 0) is 9.53 Å². The first kappa shape index (κ1) is 14.0. The molecule has 0 aliphatic rings. The highest BCUT2D eigenvalue weighted by Gasteiger charge is 2.18. The lowest BCUT2D eigenvalue weighted by Crippen LogP contribution is -2.24. The second kappa shape index (κ2) is 5.08. The highest BCUT2D eigenvalue weighted by atomic mass is 16.6. The molecule has 0 saturated heterocycles. The summed E-state index contributed by atoms with van der Waals surface area (Å²) in [4.78, 5) is 22.7. The Morgan fingerprint density at radius 2 is 1.89 bits per heavy atom. The average molecular weight is 250 g/mol. The van der Waals surface area contributed by atoms with Gasteiger partial charge in [0.2, 0.25) is 5.91 Å². The Morgan fingerprint density at radius 3 is 2.33 bits per heavy atom. The summed E-state index contributed by atoms with van der Waals surface area (Å²) in [5, 5.41) is 2.57. The summed E-state index contributed by atoms with van der Waals surface area (Å²) in [5.74, 6) is -0.657. The van der Waals surface area contributed by atoms with Crippen molar-refractivity contribution in [1.29, 1.82) is 0 Å². The first-order valence-corrected chi connectivity index (χ1v) is 5.59. The van der Waals surface area contributed by atoms with Crippen molar-refractivity contribution in [3.63, 3.8) is 0 Å². The summed E-state index contributed by atoms with van der Waals surface area (Å²) >= 11 is 0. The number of rotatable bonds is 2. The molecule has 0 atom stereocenters. The molecule has 0 radical (unpaired) electrons. The van der Waals surface area contributed by atoms with Crippen LogP contribution in [0.25, 0.3) is 0 Å². The molecule has 0 aromatic heterocycles. The lowest BCUT2D eigenvalue weighted by molar-refractivity contribution is -0.114. The smallest absolute Gasteiger partial charge is 0.338 e. The van der Waals surface area contributed by atoms with Crippen LogP contribution in [0.3, 0.4) is 0 Å². The first-order chi connectivity index (χ1) is 8.19. The number of esters is 1. The predicted octanol–water partition coefficient (Wildman–Crippen LogP) is 2.18. The Balaban J connectivity index is 2.90. The minimum absolute atomic E-state index is 0.216. The third kappa shape index (κ3) is 4.08. The van der Waals surface area contributed by atoms with Gasteiger partial charge in [-0.3, -0.25) is 4.79 Å². The van der Waals surface area contributed by atoms with E-state index in [1.54, 1.807) is 32.9 Å². The van der Waals surface area contributed by atoms with E-state index in [1.165, 1.54) is 13.0 Å². The van der Waals surface area contributed by atoms with E-state index in [9.17, 15) is 9.59 Å². The molecule has 3 N–H and O–H groups in total. The van der Waals surface area contributed by atoms with Crippen LogP contribution in [0.1, 0.15) is 38.1 Å². The van der Waals surface area contributed by atoms with Crippen molar-refractivity contribution >= 4 is 23.3 Å². The number of ether oxygens (including phenoxy) is 1. The summed E-state index contributed by atoms with van der Waals surface area (Å²) < 4.78 is 5.22. The van der Waals surface area contributed by atoms with Gasteiger partial charge < -0.3 is 15.8 Å². The SMILES string of the molecule is CC(=O)Nc1ccc(C(=O)OC(C)(C)C)cc1N. The van der Waals surface area contributed by atoms with Crippen molar-refractivity contribution in [3.05, 3.63) is 23.8 Å². The van der Waals surface area contributed by atoms with Crippen molar-refractivity contribution in [2.75, 3.05) is 11.1 Å². The maximum absolute atomic E-state index is 11.8. The maximum Gasteiger partial charge on any atom is 0.338 e. The van der Waals surface area contributed by atoms with Crippen LogP contribution >= 0.6 is 0 Å². The van der Waals surface area contributed by atoms with Crippen LogP contribution in [0.4, 0.5) is 11.4 Å². The number of nitrogens with two attached hydrogens (primary N) is 1. The van der Waals surface area contributed by atoms with Gasteiger partial charge in [0.05, 0.1) is 16.9 Å². The van der Waals surface area contributed by atoms with E-state index in [0.29, 0.717) is 16.9 Å². The molecule has 1 aromatic carbocycles. The number of carbonyl (C=O) groups excluding carboxylic acids is 2. The molecular formula is C13H18N2O3. The number of carbonyl (C=O) groups is 2. The van der Waals surface area contributed by atoms with E-state index in [2.05, 4.69) is 5.32 Å². The second-order valence-electron chi connectivity index (χ2n) is 4.99. The van der Waals surface area contributed by atoms with Gasteiger partial charge in [-0.05, 0) is 39.0 Å². The summed E-state index contributed by atoms with van der Waals surface area (Å²) in [6.07, 6.45) is 0. The molecule has 0 fully saturated rings. The molecule has 0 bridgehead atoms. The molecule has 0 unspecified atom stereocenters. The first-order valence-electron chi connectivity index (χ1n) is 5.59. The van der Waals surface area contributed by atoms with Gasteiger partial charge in [-0.1, -0.05) is 0 Å². The highest BCUT2D eigenvalue weighted by molar-refractivity contribution is 5.96. The monoisotopic (exact) mass is 250 g/mol. The summed E-state index contributed by atoms with van der Waals surface area (Å²) in [7, 11) is 0. The zero-order chi connectivity index (χ0) is 13.9. The highest BCUT2D eigenvalue weighted by Crippen LogP contribution is 2.21. The number of hydrogen-bond acceptors (Lipinski definition) is 4. The number of amides is 1. The zero-order valence-corrected chi connectivity index (χ0v) is 11.0. The van der Waals surface area contributed by atoms with Crippen LogP contribution < -0.4 is 11.1 Å². The Labute approximate surface area is 106 Å². The summed E-state index contributed by atoms with van der Waals surface area (Å²) in [5.41, 5.74) is 6.36. The molecular weight excluding hydrogens is 232 g/mol. The zero-order valence-electron chi connectivity index (χ0n) is 11.0. The Morgan fingerprint density at radius 1 is 1.28 bits per heavy atom. The van der Waals surface area contributed by atoms with Crippen molar-refractivity contribution in [2.45, 2.75) is 33.3 Å². The predicted molar refractivity (Wildman–Crippen MR) is 70.3 cm³/mol. The molecule has 5 nitrogen and oxygen atoms in total. The number of nitrogen functional groups attached to an aromatic ring is 1. The number of hydrogen-bond donors (Lipinski definition) is 2. The molecule has 0 saturated carbocycles. The number of benzene rings is 1. The van der Waals surface area contributed by atoms with Crippen LogP contribution in [-0.4, -0.2) is 17.5 Å². The maximum atomic E-state index is 11.8. The van der Waals surface area contributed by atoms with Gasteiger partial charge in [0.25, 0.3) is 0 Å². The van der Waals surface area contributed by atoms with Gasteiger partial charge in [-0.15, -0.1) is 0 Å². The largest absolute Gasteiger partial charge is 0.456 e. The van der Waals surface area contributed by atoms with Crippen molar-refractivity contribution < 1.29 is 14.3 Å². The molecule has 98 valence electrons. The Hall–Kier alpha value is -2.04. The summed E-state index contributed by atoms with van der Waals surface area (Å²) in [6, 6.07) is 4.63. The number of nitrogens with one attached hydrogen (secondary N) is 1. The fourth-order valence-electron chi connectivity index (χ4n) is 1.33. The standard InChI is InChI=1S/C13H18N2O3/c1-8(16)15-11-6-5-9(7-10(11)14)12(17)18-13(2,3)4/h5-7H,14H2,1-4H3,(H,15,16). The lowest BCUT2D eigenvalue weighted by atomic mass is 10.1. The molecule has 1 rings (SSSR count). The summed E-state index contributed by atoms with van der Waals surface area (Å²) in [6.45, 7) is 6.76. The third-order valence-electron chi connectivity index (χ3n) is 2.00. The third-order valence-corrected chi connectivity index (χ3v) is 2.00. The van der Waals surface area contributed by atoms with Gasteiger partial charge in [0.15, 0.2) is 0 Å². The van der Waals surface area contributed by atoms with Crippen LogP contribution in [0.15, 0.2) is 18.2 Å². The molecule has 0 aliphatic heterocycles. The molecule has 0 heterocycles. The Bertz CT molecular complexity index is 476. The van der Waals surface area contributed by atoms with Gasteiger partial charge in [-0.2, -0.15) is 0 Å². The van der Waals surface area contributed by atoms with Gasteiger partial charge in [-0.25, -0.2) is 4.79 Å². The fraction of sp³-hybridized carbons (Fsp3) is 0.385.